The van der Waals surface area contributed by atoms with Gasteiger partial charge in [0.25, 0.3) is 0 Å². The molecule has 26 heavy (non-hydrogen) atoms. The van der Waals surface area contributed by atoms with E-state index in [9.17, 15) is 15.0 Å². The van der Waals surface area contributed by atoms with Crippen molar-refractivity contribution in [3.05, 3.63) is 23.8 Å². The molecule has 2 rings (SSSR count). The summed E-state index contributed by atoms with van der Waals surface area (Å²) in [6.07, 6.45) is 14.6. The van der Waals surface area contributed by atoms with Crippen molar-refractivity contribution in [2.75, 3.05) is 0 Å². The number of aliphatic hydroxyl groups excluding tert-OH is 1. The van der Waals surface area contributed by atoms with Gasteiger partial charge < -0.3 is 15.3 Å². The van der Waals surface area contributed by atoms with Crippen molar-refractivity contribution < 1.29 is 20.1 Å². The van der Waals surface area contributed by atoms with Crippen LogP contribution in [0.25, 0.3) is 0 Å². The van der Waals surface area contributed by atoms with Crippen molar-refractivity contribution in [3.63, 3.8) is 0 Å². The number of unbranched alkanes of at least 4 members (excludes halogenated alkanes) is 2. The number of aliphatic carboxylic acids is 1. The Morgan fingerprint density at radius 3 is 2.81 bits per heavy atom. The molecule has 2 aliphatic rings. The Hall–Kier alpha value is -1.13. The molecule has 0 bridgehead atoms. The zero-order valence-corrected chi connectivity index (χ0v) is 16.4. The molecule has 1 unspecified atom stereocenters. The van der Waals surface area contributed by atoms with Crippen molar-refractivity contribution in [2.45, 2.75) is 89.8 Å². The average molecular weight is 365 g/mol. The van der Waals surface area contributed by atoms with Gasteiger partial charge in [-0.2, -0.15) is 0 Å². The van der Waals surface area contributed by atoms with Crippen molar-refractivity contribution in [1.82, 2.24) is 0 Å². The number of hydrogen-bond acceptors (Lipinski definition) is 3. The second-order valence-electron chi connectivity index (χ2n) is 8.57. The predicted molar refractivity (Wildman–Crippen MR) is 104 cm³/mol. The third-order valence-corrected chi connectivity index (χ3v) is 6.07. The Bertz CT molecular complexity index is 520. The fourth-order valence-corrected chi connectivity index (χ4v) is 4.56. The Morgan fingerprint density at radius 1 is 1.35 bits per heavy atom. The molecule has 0 aromatic rings. The second kappa shape index (κ2) is 9.70. The maximum absolute atomic E-state index is 10.6. The van der Waals surface area contributed by atoms with E-state index in [0.717, 1.165) is 51.4 Å². The third-order valence-electron chi connectivity index (χ3n) is 6.07. The molecule has 0 aromatic carbocycles. The number of allylic oxidation sites excluding steroid dienone is 2. The van der Waals surface area contributed by atoms with E-state index in [0.29, 0.717) is 18.3 Å². The summed E-state index contributed by atoms with van der Waals surface area (Å²) in [5.41, 5.74) is 0.782. The predicted octanol–water partition coefficient (Wildman–Crippen LogP) is 4.46. The number of carbonyl (C=O) groups is 1. The van der Waals surface area contributed by atoms with Gasteiger partial charge in [-0.25, -0.2) is 0 Å². The van der Waals surface area contributed by atoms with Crippen LogP contribution in [0.4, 0.5) is 0 Å². The molecule has 4 nitrogen and oxygen atoms in total. The van der Waals surface area contributed by atoms with Gasteiger partial charge in [0.05, 0.1) is 11.7 Å². The second-order valence-corrected chi connectivity index (χ2v) is 8.57. The molecule has 0 amide bonds. The summed E-state index contributed by atoms with van der Waals surface area (Å²) >= 11 is 0. The van der Waals surface area contributed by atoms with E-state index in [2.05, 4.69) is 25.2 Å². The summed E-state index contributed by atoms with van der Waals surface area (Å²) in [7, 11) is 0. The van der Waals surface area contributed by atoms with E-state index in [4.69, 9.17) is 5.11 Å². The van der Waals surface area contributed by atoms with Crippen LogP contribution in [-0.2, 0) is 4.79 Å². The lowest BCUT2D eigenvalue weighted by molar-refractivity contribution is -0.137. The van der Waals surface area contributed by atoms with Gasteiger partial charge in [-0.05, 0) is 63.7 Å². The quantitative estimate of drug-likeness (QED) is 0.373. The Kier molecular flexibility index (Phi) is 7.90. The number of rotatable bonds is 11. The number of fused-ring (bicyclic) bond motifs is 1. The molecule has 0 spiro atoms. The van der Waals surface area contributed by atoms with Crippen molar-refractivity contribution in [1.29, 1.82) is 0 Å². The lowest BCUT2D eigenvalue weighted by Gasteiger charge is -2.22. The van der Waals surface area contributed by atoms with E-state index in [1.807, 2.05) is 6.92 Å². The molecular weight excluding hydrogens is 328 g/mol. The molecule has 5 atom stereocenters. The molecule has 1 saturated carbocycles. The van der Waals surface area contributed by atoms with Gasteiger partial charge in [0.1, 0.15) is 0 Å². The van der Waals surface area contributed by atoms with Crippen LogP contribution < -0.4 is 0 Å². The summed E-state index contributed by atoms with van der Waals surface area (Å²) in [5, 5.41) is 29.5. The fourth-order valence-electron chi connectivity index (χ4n) is 4.56. The van der Waals surface area contributed by atoms with Gasteiger partial charge in [0, 0.05) is 12.3 Å². The minimum Gasteiger partial charge on any atom is -0.481 e. The number of aliphatic hydroxyl groups is 2. The van der Waals surface area contributed by atoms with Crippen molar-refractivity contribution in [3.8, 4) is 0 Å². The first-order valence-electron chi connectivity index (χ1n) is 10.3. The van der Waals surface area contributed by atoms with E-state index in [-0.39, 0.29) is 18.4 Å². The lowest BCUT2D eigenvalue weighted by Crippen LogP contribution is -2.23. The minimum absolute atomic E-state index is 0.176. The highest BCUT2D eigenvalue weighted by atomic mass is 16.4. The summed E-state index contributed by atoms with van der Waals surface area (Å²) in [6.45, 7) is 4.03. The first-order chi connectivity index (χ1) is 12.3. The number of carboxylic acid groups (broad SMARTS) is 1. The van der Waals surface area contributed by atoms with Gasteiger partial charge >= 0.3 is 5.97 Å². The molecule has 0 saturated heterocycles. The maximum Gasteiger partial charge on any atom is 0.303 e. The number of hydrogen-bond donors (Lipinski definition) is 3. The van der Waals surface area contributed by atoms with Crippen LogP contribution in [0.5, 0.6) is 0 Å². The third kappa shape index (κ3) is 6.24. The molecule has 0 aliphatic heterocycles. The highest BCUT2D eigenvalue weighted by Gasteiger charge is 2.43. The molecule has 3 N–H and O–H groups in total. The average Bonchev–Trinajstić information content (AvgIpc) is 3.07. The van der Waals surface area contributed by atoms with Crippen LogP contribution in [-0.4, -0.2) is 33.0 Å². The van der Waals surface area contributed by atoms with Gasteiger partial charge in [-0.1, -0.05) is 43.6 Å². The van der Waals surface area contributed by atoms with E-state index < -0.39 is 11.6 Å². The normalized spacial score (nSPS) is 30.4. The molecule has 4 heteroatoms. The maximum atomic E-state index is 10.6. The van der Waals surface area contributed by atoms with Crippen molar-refractivity contribution >= 4 is 5.97 Å². The molecule has 148 valence electrons. The highest BCUT2D eigenvalue weighted by molar-refractivity contribution is 5.66. The van der Waals surface area contributed by atoms with Crippen molar-refractivity contribution in [2.24, 2.45) is 17.8 Å². The van der Waals surface area contributed by atoms with E-state index in [1.54, 1.807) is 0 Å². The SMILES string of the molecule is CCCCC(C)(O)C/C=C/[C@H]1[C@H]2CC(CCCCC(=O)O)=C[C@H]2C[C@H]1O. The van der Waals surface area contributed by atoms with Crippen LogP contribution >= 0.6 is 0 Å². The van der Waals surface area contributed by atoms with Crippen LogP contribution in [0.3, 0.4) is 0 Å². The molecule has 2 aliphatic carbocycles. The van der Waals surface area contributed by atoms with Crippen LogP contribution in [0.2, 0.25) is 0 Å². The Labute approximate surface area is 158 Å². The lowest BCUT2D eigenvalue weighted by atomic mass is 9.87. The van der Waals surface area contributed by atoms with Crippen LogP contribution in [0, 0.1) is 17.8 Å². The van der Waals surface area contributed by atoms with E-state index in [1.165, 1.54) is 5.57 Å². The monoisotopic (exact) mass is 364 g/mol. The zero-order valence-electron chi connectivity index (χ0n) is 16.4. The minimum atomic E-state index is -0.717. The molecule has 0 radical (unpaired) electrons. The first-order valence-corrected chi connectivity index (χ1v) is 10.3. The highest BCUT2D eigenvalue weighted by Crippen LogP contribution is 2.48. The van der Waals surface area contributed by atoms with E-state index >= 15 is 0 Å². The zero-order chi connectivity index (χ0) is 19.2. The van der Waals surface area contributed by atoms with Crippen LogP contribution in [0.1, 0.15) is 78.1 Å². The smallest absolute Gasteiger partial charge is 0.303 e. The Balaban J connectivity index is 1.81. The summed E-state index contributed by atoms with van der Waals surface area (Å²) in [6, 6.07) is 0. The van der Waals surface area contributed by atoms with Gasteiger partial charge in [-0.3, -0.25) is 4.79 Å². The number of carboxylic acids is 1. The standard InChI is InChI=1S/C22H36O4/c1-3-4-11-22(2,26)12-7-9-18-19-14-16(8-5-6-10-21(24)25)13-17(19)15-20(18)23/h7,9,13,17-20,23,26H,3-6,8,10-12,14-15H2,1-2H3,(H,24,25)/b9-7+/t17-,18-,19-,20+,22?/m0/s1. The van der Waals surface area contributed by atoms with Gasteiger partial charge in [0.15, 0.2) is 0 Å². The topological polar surface area (TPSA) is 77.8 Å². The molecule has 1 fully saturated rings. The fraction of sp³-hybridized carbons (Fsp3) is 0.773. The molecule has 0 aromatic heterocycles. The molecule has 0 heterocycles. The summed E-state index contributed by atoms with van der Waals surface area (Å²) < 4.78 is 0. The first kappa shape index (κ1) is 21.2. The Morgan fingerprint density at radius 2 is 2.12 bits per heavy atom. The largest absolute Gasteiger partial charge is 0.481 e. The van der Waals surface area contributed by atoms with Crippen LogP contribution in [0.15, 0.2) is 23.8 Å². The summed E-state index contributed by atoms with van der Waals surface area (Å²) in [5.74, 6) is 0.381. The van der Waals surface area contributed by atoms with Gasteiger partial charge in [-0.15, -0.1) is 0 Å². The molecular formula is C22H36O4. The van der Waals surface area contributed by atoms with Gasteiger partial charge in [0.2, 0.25) is 0 Å². The summed E-state index contributed by atoms with van der Waals surface area (Å²) in [4.78, 5) is 10.6.